The summed E-state index contributed by atoms with van der Waals surface area (Å²) in [6.07, 6.45) is 2.19. The number of carbonyl (C=O) groups excluding carboxylic acids is 2. The second kappa shape index (κ2) is 7.67. The third-order valence-corrected chi connectivity index (χ3v) is 4.02. The molecule has 0 fully saturated rings. The fourth-order valence-corrected chi connectivity index (χ4v) is 2.71. The third-order valence-electron chi connectivity index (χ3n) is 4.02. The quantitative estimate of drug-likeness (QED) is 0.496. The van der Waals surface area contributed by atoms with Gasteiger partial charge in [0.05, 0.1) is 6.42 Å². The Morgan fingerprint density at radius 1 is 0.840 bits per heavy atom. The molecule has 0 aliphatic carbocycles. The molecule has 124 valence electrons. The highest BCUT2D eigenvalue weighted by atomic mass is 16.1. The van der Waals surface area contributed by atoms with Gasteiger partial charge in [-0.2, -0.15) is 0 Å². The molecule has 1 heterocycles. The van der Waals surface area contributed by atoms with Crippen molar-refractivity contribution in [2.75, 3.05) is 0 Å². The van der Waals surface area contributed by atoms with Gasteiger partial charge in [-0.15, -0.1) is 0 Å². The molecule has 1 aromatic heterocycles. The van der Waals surface area contributed by atoms with E-state index in [-0.39, 0.29) is 18.0 Å². The third kappa shape index (κ3) is 4.48. The second-order valence-corrected chi connectivity index (χ2v) is 6.10. The highest BCUT2D eigenvalue weighted by molar-refractivity contribution is 6.12. The Bertz CT molecular complexity index is 901. The van der Waals surface area contributed by atoms with Crippen molar-refractivity contribution in [1.82, 2.24) is 4.98 Å². The van der Waals surface area contributed by atoms with Gasteiger partial charge in [0, 0.05) is 11.8 Å². The Hall–Kier alpha value is -3.07. The van der Waals surface area contributed by atoms with Crippen LogP contribution in [-0.4, -0.2) is 16.6 Å². The molecule has 0 unspecified atom stereocenters. The Balaban J connectivity index is 1.72. The van der Waals surface area contributed by atoms with Crippen molar-refractivity contribution in [2.24, 2.45) is 0 Å². The van der Waals surface area contributed by atoms with Crippen LogP contribution < -0.4 is 0 Å². The van der Waals surface area contributed by atoms with Crippen LogP contribution in [0.2, 0.25) is 0 Å². The highest BCUT2D eigenvalue weighted by Crippen LogP contribution is 2.14. The summed E-state index contributed by atoms with van der Waals surface area (Å²) in [5.41, 5.74) is 4.10. The summed E-state index contributed by atoms with van der Waals surface area (Å²) in [6.45, 7) is 1.90. The van der Waals surface area contributed by atoms with E-state index in [1.54, 1.807) is 18.3 Å². The maximum Gasteiger partial charge on any atom is 0.188 e. The number of hydrogen-bond acceptors (Lipinski definition) is 3. The largest absolute Gasteiger partial charge is 0.294 e. The lowest BCUT2D eigenvalue weighted by Crippen LogP contribution is -2.10. The van der Waals surface area contributed by atoms with Gasteiger partial charge in [0.15, 0.2) is 11.6 Å². The van der Waals surface area contributed by atoms with Crippen molar-refractivity contribution in [1.29, 1.82) is 0 Å². The molecule has 0 radical (unpaired) electrons. The number of nitrogens with zero attached hydrogens (tertiary/aromatic N) is 1. The smallest absolute Gasteiger partial charge is 0.188 e. The molecule has 3 aromatic rings. The first-order chi connectivity index (χ1) is 12.1. The van der Waals surface area contributed by atoms with Crippen molar-refractivity contribution < 1.29 is 9.59 Å². The Morgan fingerprint density at radius 2 is 1.60 bits per heavy atom. The van der Waals surface area contributed by atoms with Crippen LogP contribution in [0.1, 0.15) is 44.0 Å². The van der Waals surface area contributed by atoms with E-state index in [0.717, 1.165) is 17.5 Å². The van der Waals surface area contributed by atoms with Gasteiger partial charge >= 0.3 is 0 Å². The number of Topliss-reactive ketones (excluding diaryl/α,β-unsaturated/α-hetero) is 2. The molecule has 0 saturated carbocycles. The summed E-state index contributed by atoms with van der Waals surface area (Å²) in [7, 11) is 0. The van der Waals surface area contributed by atoms with Crippen LogP contribution in [-0.2, 0) is 6.42 Å². The molecule has 0 saturated heterocycles. The Morgan fingerprint density at radius 3 is 2.36 bits per heavy atom. The topological polar surface area (TPSA) is 47.0 Å². The van der Waals surface area contributed by atoms with Gasteiger partial charge in [-0.1, -0.05) is 48.5 Å². The Labute approximate surface area is 147 Å². The standard InChI is InChI=1S/C22H19NO2/c1-16-10-11-23-20(12-16)22(25)15-21(24)19-9-5-8-18(14-19)13-17-6-3-2-4-7-17/h2-12,14H,13,15H2,1H3. The Kier molecular flexibility index (Phi) is 5.14. The molecule has 0 N–H and O–H groups in total. The van der Waals surface area contributed by atoms with E-state index in [4.69, 9.17) is 0 Å². The van der Waals surface area contributed by atoms with Crippen molar-refractivity contribution in [3.05, 3.63) is 101 Å². The van der Waals surface area contributed by atoms with E-state index in [1.807, 2.05) is 49.4 Å². The van der Waals surface area contributed by atoms with E-state index in [0.29, 0.717) is 11.3 Å². The number of rotatable bonds is 6. The lowest BCUT2D eigenvalue weighted by atomic mass is 9.99. The van der Waals surface area contributed by atoms with Crippen molar-refractivity contribution in [3.63, 3.8) is 0 Å². The van der Waals surface area contributed by atoms with Gasteiger partial charge in [0.1, 0.15) is 5.69 Å². The summed E-state index contributed by atoms with van der Waals surface area (Å²) < 4.78 is 0. The SMILES string of the molecule is Cc1ccnc(C(=O)CC(=O)c2cccc(Cc3ccccc3)c2)c1. The van der Waals surface area contributed by atoms with E-state index in [1.165, 1.54) is 5.56 Å². The van der Waals surface area contributed by atoms with Gasteiger partial charge in [0.2, 0.25) is 0 Å². The van der Waals surface area contributed by atoms with Gasteiger partial charge in [-0.25, -0.2) is 0 Å². The van der Waals surface area contributed by atoms with Crippen LogP contribution >= 0.6 is 0 Å². The molecule has 3 heteroatoms. The molecule has 0 amide bonds. The first-order valence-corrected chi connectivity index (χ1v) is 8.24. The summed E-state index contributed by atoms with van der Waals surface area (Å²) in [5.74, 6) is -0.426. The number of benzene rings is 2. The summed E-state index contributed by atoms with van der Waals surface area (Å²) in [6, 6.07) is 21.1. The monoisotopic (exact) mass is 329 g/mol. The number of aryl methyl sites for hydroxylation is 1. The minimum atomic E-state index is -0.248. The molecule has 0 bridgehead atoms. The number of ketones is 2. The van der Waals surface area contributed by atoms with E-state index >= 15 is 0 Å². The fraction of sp³-hybridized carbons (Fsp3) is 0.136. The molecule has 25 heavy (non-hydrogen) atoms. The van der Waals surface area contributed by atoms with Gasteiger partial charge < -0.3 is 0 Å². The number of hydrogen-bond donors (Lipinski definition) is 0. The zero-order valence-electron chi connectivity index (χ0n) is 14.1. The van der Waals surface area contributed by atoms with Crippen LogP contribution in [0.15, 0.2) is 72.9 Å². The molecule has 3 nitrogen and oxygen atoms in total. The van der Waals surface area contributed by atoms with Crippen LogP contribution in [0.4, 0.5) is 0 Å². The van der Waals surface area contributed by atoms with Gasteiger partial charge in [0.25, 0.3) is 0 Å². The van der Waals surface area contributed by atoms with Crippen LogP contribution in [0.3, 0.4) is 0 Å². The molecule has 3 rings (SSSR count). The number of aromatic nitrogens is 1. The normalized spacial score (nSPS) is 10.4. The second-order valence-electron chi connectivity index (χ2n) is 6.10. The first kappa shape index (κ1) is 16.8. The van der Waals surface area contributed by atoms with Crippen LogP contribution in [0, 0.1) is 6.92 Å². The fourth-order valence-electron chi connectivity index (χ4n) is 2.71. The lowest BCUT2D eigenvalue weighted by Gasteiger charge is -2.05. The molecular weight excluding hydrogens is 310 g/mol. The maximum absolute atomic E-state index is 12.5. The minimum absolute atomic E-state index is 0.161. The summed E-state index contributed by atoms with van der Waals surface area (Å²) in [4.78, 5) is 28.8. The lowest BCUT2D eigenvalue weighted by molar-refractivity contribution is 0.0891. The predicted molar refractivity (Wildman–Crippen MR) is 97.9 cm³/mol. The predicted octanol–water partition coefficient (Wildman–Crippen LogP) is 4.44. The van der Waals surface area contributed by atoms with E-state index < -0.39 is 0 Å². The van der Waals surface area contributed by atoms with E-state index in [9.17, 15) is 9.59 Å². The van der Waals surface area contributed by atoms with Gasteiger partial charge in [-0.05, 0) is 48.2 Å². The average molecular weight is 329 g/mol. The van der Waals surface area contributed by atoms with Crippen molar-refractivity contribution in [2.45, 2.75) is 19.8 Å². The molecule has 0 aliphatic rings. The van der Waals surface area contributed by atoms with Crippen LogP contribution in [0.25, 0.3) is 0 Å². The molecule has 0 atom stereocenters. The first-order valence-electron chi connectivity index (χ1n) is 8.24. The van der Waals surface area contributed by atoms with Crippen molar-refractivity contribution in [3.8, 4) is 0 Å². The van der Waals surface area contributed by atoms with Gasteiger partial charge in [-0.3, -0.25) is 14.6 Å². The van der Waals surface area contributed by atoms with Crippen LogP contribution in [0.5, 0.6) is 0 Å². The average Bonchev–Trinajstić information content (AvgIpc) is 2.63. The molecule has 0 spiro atoms. The molecular formula is C22H19NO2. The number of carbonyl (C=O) groups is 2. The van der Waals surface area contributed by atoms with E-state index in [2.05, 4.69) is 17.1 Å². The highest BCUT2D eigenvalue weighted by Gasteiger charge is 2.15. The minimum Gasteiger partial charge on any atom is -0.294 e. The van der Waals surface area contributed by atoms with Crippen molar-refractivity contribution >= 4 is 11.6 Å². The molecule has 2 aromatic carbocycles. The zero-order valence-corrected chi connectivity index (χ0v) is 14.1. The molecule has 0 aliphatic heterocycles. The summed E-state index contributed by atoms with van der Waals surface area (Å²) in [5, 5.41) is 0. The summed E-state index contributed by atoms with van der Waals surface area (Å²) >= 11 is 0. The zero-order chi connectivity index (χ0) is 17.6. The maximum atomic E-state index is 12.5. The number of pyridine rings is 1.